The van der Waals surface area contributed by atoms with Gasteiger partial charge < -0.3 is 19.9 Å². The van der Waals surface area contributed by atoms with Gasteiger partial charge in [0.25, 0.3) is 0 Å². The van der Waals surface area contributed by atoms with Crippen LogP contribution in [0.4, 0.5) is 17.3 Å². The minimum atomic E-state index is 0.402. The van der Waals surface area contributed by atoms with E-state index in [1.54, 1.807) is 13.2 Å². The summed E-state index contributed by atoms with van der Waals surface area (Å²) in [7, 11) is 1.71. The molecule has 1 fully saturated rings. The Morgan fingerprint density at radius 3 is 2.60 bits per heavy atom. The molecule has 3 heterocycles. The van der Waals surface area contributed by atoms with E-state index in [1.807, 2.05) is 42.6 Å². The van der Waals surface area contributed by atoms with E-state index in [9.17, 15) is 0 Å². The summed E-state index contributed by atoms with van der Waals surface area (Å²) in [6, 6.07) is 19.6. The highest BCUT2D eigenvalue weighted by Gasteiger charge is 2.22. The van der Waals surface area contributed by atoms with E-state index in [-0.39, 0.29) is 0 Å². The summed E-state index contributed by atoms with van der Waals surface area (Å²) >= 11 is 0. The summed E-state index contributed by atoms with van der Waals surface area (Å²) in [6.07, 6.45) is 1.83. The van der Waals surface area contributed by atoms with Gasteiger partial charge in [-0.15, -0.1) is 0 Å². The average molecular weight is 400 g/mol. The predicted octanol–water partition coefficient (Wildman–Crippen LogP) is 3.30. The molecule has 1 aromatic carbocycles. The summed E-state index contributed by atoms with van der Waals surface area (Å²) in [5.74, 6) is 2.58. The van der Waals surface area contributed by atoms with E-state index in [4.69, 9.17) is 10.00 Å². The van der Waals surface area contributed by atoms with Crippen molar-refractivity contribution in [2.45, 2.75) is 6.54 Å². The Balaban J connectivity index is 1.44. The molecule has 4 rings (SSSR count). The quantitative estimate of drug-likeness (QED) is 0.680. The molecule has 7 nitrogen and oxygen atoms in total. The van der Waals surface area contributed by atoms with Gasteiger partial charge in [0.1, 0.15) is 29.1 Å². The first-order valence-electron chi connectivity index (χ1n) is 9.96. The number of benzene rings is 1. The number of nitrogens with zero attached hydrogens (tertiary/aromatic N) is 5. The van der Waals surface area contributed by atoms with Crippen LogP contribution in [0.15, 0.2) is 60.8 Å². The molecule has 0 spiro atoms. The summed E-state index contributed by atoms with van der Waals surface area (Å²) in [4.78, 5) is 13.6. The second kappa shape index (κ2) is 9.14. The van der Waals surface area contributed by atoms with Gasteiger partial charge in [0.2, 0.25) is 0 Å². The third-order valence-electron chi connectivity index (χ3n) is 5.20. The molecule has 30 heavy (non-hydrogen) atoms. The smallest absolute Gasteiger partial charge is 0.142 e. The lowest BCUT2D eigenvalue weighted by Crippen LogP contribution is -2.47. The number of nitriles is 1. The molecule has 0 saturated carbocycles. The Morgan fingerprint density at radius 1 is 1.00 bits per heavy atom. The fraction of sp³-hybridized carbons (Fsp3) is 0.261. The zero-order chi connectivity index (χ0) is 20.8. The molecular formula is C23H24N6O. The third-order valence-corrected chi connectivity index (χ3v) is 5.20. The van der Waals surface area contributed by atoms with E-state index in [0.29, 0.717) is 18.1 Å². The number of ether oxygens (including phenoxy) is 1. The van der Waals surface area contributed by atoms with Crippen LogP contribution < -0.4 is 19.9 Å². The molecule has 152 valence electrons. The second-order valence-electron chi connectivity index (χ2n) is 7.01. The zero-order valence-corrected chi connectivity index (χ0v) is 17.0. The van der Waals surface area contributed by atoms with Gasteiger partial charge in [-0.25, -0.2) is 9.97 Å². The van der Waals surface area contributed by atoms with Crippen LogP contribution in [0.1, 0.15) is 11.3 Å². The van der Waals surface area contributed by atoms with Crippen LogP contribution in [0.25, 0.3) is 0 Å². The fourth-order valence-corrected chi connectivity index (χ4v) is 3.68. The lowest BCUT2D eigenvalue weighted by Gasteiger charge is -2.37. The highest BCUT2D eigenvalue weighted by atomic mass is 16.5. The standard InChI is InChI=1S/C23H24N6O/c1-30-21-9-3-2-8-20(21)28-12-14-29(15-13-28)23-18(6-5-11-25-23)17-26-22-10-4-7-19(16-24)27-22/h2-11H,12-15,17H2,1H3,(H,26,27). The van der Waals surface area contributed by atoms with Crippen LogP contribution in [0.2, 0.25) is 0 Å². The fourth-order valence-electron chi connectivity index (χ4n) is 3.68. The molecule has 2 aromatic heterocycles. The van der Waals surface area contributed by atoms with Crippen molar-refractivity contribution >= 4 is 17.3 Å². The molecule has 0 radical (unpaired) electrons. The highest BCUT2D eigenvalue weighted by molar-refractivity contribution is 5.60. The van der Waals surface area contributed by atoms with Crippen LogP contribution in [0.5, 0.6) is 5.75 Å². The molecule has 1 saturated heterocycles. The topological polar surface area (TPSA) is 77.3 Å². The van der Waals surface area contributed by atoms with Crippen molar-refractivity contribution in [2.75, 3.05) is 48.4 Å². The van der Waals surface area contributed by atoms with Crippen molar-refractivity contribution in [3.63, 3.8) is 0 Å². The van der Waals surface area contributed by atoms with Crippen molar-refractivity contribution < 1.29 is 4.74 Å². The molecule has 0 aliphatic carbocycles. The Bertz CT molecular complexity index is 1040. The molecule has 0 amide bonds. The van der Waals surface area contributed by atoms with Crippen LogP contribution in [-0.4, -0.2) is 43.3 Å². The number of para-hydroxylation sites is 2. The maximum Gasteiger partial charge on any atom is 0.142 e. The average Bonchev–Trinajstić information content (AvgIpc) is 2.83. The van der Waals surface area contributed by atoms with Crippen molar-refractivity contribution in [1.29, 1.82) is 5.26 Å². The maximum atomic E-state index is 9.03. The number of hydrogen-bond acceptors (Lipinski definition) is 7. The van der Waals surface area contributed by atoms with Crippen LogP contribution in [0, 0.1) is 11.3 Å². The first-order valence-corrected chi connectivity index (χ1v) is 9.96. The van der Waals surface area contributed by atoms with Crippen LogP contribution in [0.3, 0.4) is 0 Å². The molecule has 1 aliphatic heterocycles. The Hall–Kier alpha value is -3.79. The molecule has 1 aliphatic rings. The number of anilines is 3. The van der Waals surface area contributed by atoms with Gasteiger partial charge in [-0.05, 0) is 30.3 Å². The van der Waals surface area contributed by atoms with E-state index in [1.165, 1.54) is 0 Å². The summed E-state index contributed by atoms with van der Waals surface area (Å²) in [5, 5.41) is 12.3. The van der Waals surface area contributed by atoms with Crippen molar-refractivity contribution in [2.24, 2.45) is 0 Å². The minimum absolute atomic E-state index is 0.402. The molecule has 0 unspecified atom stereocenters. The number of methoxy groups -OCH3 is 1. The van der Waals surface area contributed by atoms with Gasteiger partial charge in [-0.3, -0.25) is 0 Å². The summed E-state index contributed by atoms with van der Waals surface area (Å²) in [6.45, 7) is 4.15. The van der Waals surface area contributed by atoms with Crippen molar-refractivity contribution in [3.05, 3.63) is 72.1 Å². The van der Waals surface area contributed by atoms with Crippen LogP contribution in [-0.2, 0) is 6.54 Å². The molecule has 1 N–H and O–H groups in total. The lowest BCUT2D eigenvalue weighted by atomic mass is 10.2. The van der Waals surface area contributed by atoms with Gasteiger partial charge in [-0.1, -0.05) is 24.3 Å². The monoisotopic (exact) mass is 400 g/mol. The number of piperazine rings is 1. The first kappa shape index (κ1) is 19.5. The molecule has 0 bridgehead atoms. The number of nitrogens with one attached hydrogen (secondary N) is 1. The van der Waals surface area contributed by atoms with Gasteiger partial charge >= 0.3 is 0 Å². The Labute approximate surface area is 176 Å². The molecule has 7 heteroatoms. The summed E-state index contributed by atoms with van der Waals surface area (Å²) in [5.41, 5.74) is 2.64. The second-order valence-corrected chi connectivity index (χ2v) is 7.01. The first-order chi connectivity index (χ1) is 14.8. The van der Waals surface area contributed by atoms with Gasteiger partial charge in [0.05, 0.1) is 12.8 Å². The largest absolute Gasteiger partial charge is 0.495 e. The number of hydrogen-bond donors (Lipinski definition) is 1. The number of pyridine rings is 2. The SMILES string of the molecule is COc1ccccc1N1CCN(c2ncccc2CNc2cccc(C#N)n2)CC1. The van der Waals surface area contributed by atoms with Gasteiger partial charge in [0, 0.05) is 44.5 Å². The van der Waals surface area contributed by atoms with E-state index < -0.39 is 0 Å². The Kier molecular flexibility index (Phi) is 5.95. The van der Waals surface area contributed by atoms with Crippen molar-refractivity contribution in [1.82, 2.24) is 9.97 Å². The lowest BCUT2D eigenvalue weighted by molar-refractivity contribution is 0.413. The third kappa shape index (κ3) is 4.28. The molecular weight excluding hydrogens is 376 g/mol. The van der Waals surface area contributed by atoms with E-state index in [2.05, 4.69) is 43.3 Å². The van der Waals surface area contributed by atoms with E-state index >= 15 is 0 Å². The number of rotatable bonds is 6. The highest BCUT2D eigenvalue weighted by Crippen LogP contribution is 2.29. The summed E-state index contributed by atoms with van der Waals surface area (Å²) < 4.78 is 5.52. The number of aromatic nitrogens is 2. The van der Waals surface area contributed by atoms with Crippen LogP contribution >= 0.6 is 0 Å². The maximum absolute atomic E-state index is 9.03. The minimum Gasteiger partial charge on any atom is -0.495 e. The normalized spacial score (nSPS) is 13.6. The van der Waals surface area contributed by atoms with E-state index in [0.717, 1.165) is 49.0 Å². The van der Waals surface area contributed by atoms with Gasteiger partial charge in [-0.2, -0.15) is 5.26 Å². The van der Waals surface area contributed by atoms with Crippen molar-refractivity contribution in [3.8, 4) is 11.8 Å². The molecule has 0 atom stereocenters. The molecule has 3 aromatic rings. The van der Waals surface area contributed by atoms with Gasteiger partial charge in [0.15, 0.2) is 0 Å². The zero-order valence-electron chi connectivity index (χ0n) is 17.0. The predicted molar refractivity (Wildman–Crippen MR) is 118 cm³/mol. The Morgan fingerprint density at radius 2 is 1.80 bits per heavy atom.